The predicted molar refractivity (Wildman–Crippen MR) is 94.8 cm³/mol. The third-order valence-corrected chi connectivity index (χ3v) is 4.46. The van der Waals surface area contributed by atoms with Crippen LogP contribution in [0.15, 0.2) is 42.7 Å². The molecule has 1 fully saturated rings. The summed E-state index contributed by atoms with van der Waals surface area (Å²) in [7, 11) is 0. The van der Waals surface area contributed by atoms with Crippen molar-refractivity contribution in [2.24, 2.45) is 0 Å². The van der Waals surface area contributed by atoms with Gasteiger partial charge < -0.3 is 9.80 Å². The molecule has 0 aliphatic carbocycles. The highest BCUT2D eigenvalue weighted by molar-refractivity contribution is 5.49. The molecule has 0 amide bonds. The number of nitriles is 1. The molecule has 0 atom stereocenters. The van der Waals surface area contributed by atoms with E-state index >= 15 is 0 Å². The minimum absolute atomic E-state index is 0.426. The first-order valence-electron chi connectivity index (χ1n) is 8.59. The Hall–Kier alpha value is -2.45. The van der Waals surface area contributed by atoms with Gasteiger partial charge in [0, 0.05) is 32.0 Å². The summed E-state index contributed by atoms with van der Waals surface area (Å²) in [6, 6.07) is 12.8. The Kier molecular flexibility index (Phi) is 5.75. The van der Waals surface area contributed by atoms with Crippen molar-refractivity contribution >= 4 is 5.82 Å². The van der Waals surface area contributed by atoms with Crippen LogP contribution in [0.1, 0.15) is 24.1 Å². The van der Waals surface area contributed by atoms with Gasteiger partial charge >= 0.3 is 0 Å². The van der Waals surface area contributed by atoms with E-state index in [1.165, 1.54) is 12.0 Å². The summed E-state index contributed by atoms with van der Waals surface area (Å²) < 4.78 is 0. The maximum absolute atomic E-state index is 9.21. The zero-order chi connectivity index (χ0) is 16.6. The van der Waals surface area contributed by atoms with Crippen LogP contribution in [0.4, 0.5) is 5.82 Å². The first-order valence-corrected chi connectivity index (χ1v) is 8.59. The minimum Gasteiger partial charge on any atom is -0.353 e. The van der Waals surface area contributed by atoms with Gasteiger partial charge in [0.1, 0.15) is 6.07 Å². The maximum Gasteiger partial charge on any atom is 0.183 e. The topological polar surface area (TPSA) is 56.1 Å². The number of hydrogen-bond acceptors (Lipinski definition) is 5. The standard InChI is InChI=1S/C19H23N5/c20-16-18-19(22-10-9-21-18)24-13-5-12-23(14-15-24)11-4-8-17-6-2-1-3-7-17/h1-3,6-7,9-10H,4-5,8,11-15H2. The summed E-state index contributed by atoms with van der Waals surface area (Å²) in [6.07, 6.45) is 6.64. The van der Waals surface area contributed by atoms with Crippen LogP contribution < -0.4 is 4.90 Å². The Bertz CT molecular complexity index is 680. The summed E-state index contributed by atoms with van der Waals surface area (Å²) in [5, 5.41) is 9.21. The van der Waals surface area contributed by atoms with E-state index in [1.807, 2.05) is 0 Å². The molecule has 2 aromatic rings. The van der Waals surface area contributed by atoms with Crippen molar-refractivity contribution in [3.05, 3.63) is 54.0 Å². The highest BCUT2D eigenvalue weighted by Gasteiger charge is 2.18. The van der Waals surface area contributed by atoms with Crippen LogP contribution in [-0.4, -0.2) is 47.6 Å². The molecule has 0 saturated carbocycles. The fourth-order valence-electron chi connectivity index (χ4n) is 3.20. The van der Waals surface area contributed by atoms with Crippen LogP contribution in [0.25, 0.3) is 0 Å². The van der Waals surface area contributed by atoms with Crippen molar-refractivity contribution in [1.29, 1.82) is 5.26 Å². The largest absolute Gasteiger partial charge is 0.353 e. The molecule has 0 radical (unpaired) electrons. The van der Waals surface area contributed by atoms with Gasteiger partial charge in [-0.05, 0) is 37.9 Å². The third kappa shape index (κ3) is 4.30. The normalized spacial score (nSPS) is 15.7. The Morgan fingerprint density at radius 2 is 1.83 bits per heavy atom. The van der Waals surface area contributed by atoms with Gasteiger partial charge in [0.15, 0.2) is 11.5 Å². The molecule has 0 spiro atoms. The predicted octanol–water partition coefficient (Wildman–Crippen LogP) is 2.49. The second kappa shape index (κ2) is 8.42. The van der Waals surface area contributed by atoms with E-state index in [4.69, 9.17) is 0 Å². The van der Waals surface area contributed by atoms with Gasteiger partial charge in [-0.15, -0.1) is 0 Å². The summed E-state index contributed by atoms with van der Waals surface area (Å²) in [5.41, 5.74) is 1.84. The fourth-order valence-corrected chi connectivity index (χ4v) is 3.20. The molecule has 0 N–H and O–H groups in total. The summed E-state index contributed by atoms with van der Waals surface area (Å²) >= 11 is 0. The van der Waals surface area contributed by atoms with Gasteiger partial charge in [-0.2, -0.15) is 5.26 Å². The lowest BCUT2D eigenvalue weighted by Gasteiger charge is -2.23. The van der Waals surface area contributed by atoms with Gasteiger partial charge in [-0.25, -0.2) is 9.97 Å². The third-order valence-electron chi connectivity index (χ3n) is 4.46. The second-order valence-electron chi connectivity index (χ2n) is 6.11. The van der Waals surface area contributed by atoms with Crippen LogP contribution in [0.5, 0.6) is 0 Å². The van der Waals surface area contributed by atoms with Crippen molar-refractivity contribution in [2.45, 2.75) is 19.3 Å². The maximum atomic E-state index is 9.21. The number of hydrogen-bond donors (Lipinski definition) is 0. The average Bonchev–Trinajstić information content (AvgIpc) is 2.88. The SMILES string of the molecule is N#Cc1nccnc1N1CCCN(CCCc2ccccc2)CC1. The van der Waals surface area contributed by atoms with Crippen molar-refractivity contribution in [3.8, 4) is 6.07 Å². The van der Waals surface area contributed by atoms with Crippen molar-refractivity contribution in [2.75, 3.05) is 37.6 Å². The molecule has 1 saturated heterocycles. The monoisotopic (exact) mass is 321 g/mol. The molecule has 0 unspecified atom stereocenters. The molecule has 3 rings (SSSR count). The van der Waals surface area contributed by atoms with Gasteiger partial charge in [0.05, 0.1) is 0 Å². The molecule has 24 heavy (non-hydrogen) atoms. The molecule has 1 aliphatic heterocycles. The highest BCUT2D eigenvalue weighted by atomic mass is 15.2. The van der Waals surface area contributed by atoms with Gasteiger partial charge in [-0.3, -0.25) is 0 Å². The highest BCUT2D eigenvalue weighted by Crippen LogP contribution is 2.16. The number of benzene rings is 1. The Morgan fingerprint density at radius 3 is 2.67 bits per heavy atom. The zero-order valence-electron chi connectivity index (χ0n) is 13.9. The molecule has 124 valence electrons. The van der Waals surface area contributed by atoms with Crippen LogP contribution in [0.3, 0.4) is 0 Å². The number of aromatic nitrogens is 2. The first-order chi connectivity index (χ1) is 11.9. The number of rotatable bonds is 5. The van der Waals surface area contributed by atoms with Gasteiger partial charge in [-0.1, -0.05) is 30.3 Å². The fraction of sp³-hybridized carbons (Fsp3) is 0.421. The van der Waals surface area contributed by atoms with Crippen LogP contribution in [0, 0.1) is 11.3 Å². The Morgan fingerprint density at radius 1 is 1.00 bits per heavy atom. The molecule has 0 bridgehead atoms. The molecule has 1 aromatic heterocycles. The summed E-state index contributed by atoms with van der Waals surface area (Å²) in [4.78, 5) is 13.2. The quantitative estimate of drug-likeness (QED) is 0.847. The van der Waals surface area contributed by atoms with Crippen molar-refractivity contribution in [1.82, 2.24) is 14.9 Å². The van der Waals surface area contributed by atoms with E-state index in [2.05, 4.69) is 56.2 Å². The number of anilines is 1. The second-order valence-corrected chi connectivity index (χ2v) is 6.11. The molecular weight excluding hydrogens is 298 g/mol. The summed E-state index contributed by atoms with van der Waals surface area (Å²) in [6.45, 7) is 5.07. The van der Waals surface area contributed by atoms with Crippen molar-refractivity contribution in [3.63, 3.8) is 0 Å². The Labute approximate surface area is 143 Å². The van der Waals surface area contributed by atoms with E-state index < -0.39 is 0 Å². The van der Waals surface area contributed by atoms with E-state index in [0.29, 0.717) is 5.69 Å². The minimum atomic E-state index is 0.426. The smallest absolute Gasteiger partial charge is 0.183 e. The molecule has 1 aliphatic rings. The lowest BCUT2D eigenvalue weighted by molar-refractivity contribution is 0.290. The Balaban J connectivity index is 1.51. The first kappa shape index (κ1) is 16.4. The van der Waals surface area contributed by atoms with E-state index in [0.717, 1.165) is 51.4 Å². The van der Waals surface area contributed by atoms with Crippen molar-refractivity contribution < 1.29 is 0 Å². The lowest BCUT2D eigenvalue weighted by atomic mass is 10.1. The molecule has 5 heteroatoms. The van der Waals surface area contributed by atoms with Crippen LogP contribution in [-0.2, 0) is 6.42 Å². The van der Waals surface area contributed by atoms with E-state index in [1.54, 1.807) is 12.4 Å². The zero-order valence-corrected chi connectivity index (χ0v) is 13.9. The van der Waals surface area contributed by atoms with Gasteiger partial charge in [0.25, 0.3) is 0 Å². The molecule has 2 heterocycles. The number of nitrogens with zero attached hydrogens (tertiary/aromatic N) is 5. The summed E-state index contributed by atoms with van der Waals surface area (Å²) in [5.74, 6) is 0.728. The van der Waals surface area contributed by atoms with Gasteiger partial charge in [0.2, 0.25) is 0 Å². The average molecular weight is 321 g/mol. The number of aryl methyl sites for hydroxylation is 1. The van der Waals surface area contributed by atoms with Crippen LogP contribution in [0.2, 0.25) is 0 Å². The molecular formula is C19H23N5. The lowest BCUT2D eigenvalue weighted by Crippen LogP contribution is -2.32. The molecule has 1 aromatic carbocycles. The van der Waals surface area contributed by atoms with E-state index in [9.17, 15) is 5.26 Å². The van der Waals surface area contributed by atoms with Crippen LogP contribution >= 0.6 is 0 Å². The molecule has 5 nitrogen and oxygen atoms in total. The van der Waals surface area contributed by atoms with E-state index in [-0.39, 0.29) is 0 Å².